The molecule has 0 bridgehead atoms. The van der Waals surface area contributed by atoms with E-state index in [2.05, 4.69) is 47.2 Å². The van der Waals surface area contributed by atoms with Gasteiger partial charge in [-0.2, -0.15) is 0 Å². The zero-order valence-corrected chi connectivity index (χ0v) is 19.3. The maximum Gasteiger partial charge on any atom is 0.183 e. The first-order chi connectivity index (χ1) is 14.7. The highest BCUT2D eigenvalue weighted by Crippen LogP contribution is 2.60. The lowest BCUT2D eigenvalue weighted by molar-refractivity contribution is -0.149. The average molecular weight is 426 g/mol. The number of carbonyl (C=O) groups excluding carboxylic acids is 1. The molecule has 0 aromatic carbocycles. The van der Waals surface area contributed by atoms with Crippen LogP contribution in [0.15, 0.2) is 12.7 Å². The minimum atomic E-state index is -0.435. The van der Waals surface area contributed by atoms with Gasteiger partial charge in [0.05, 0.1) is 11.9 Å². The van der Waals surface area contributed by atoms with Gasteiger partial charge in [-0.05, 0) is 69.1 Å². The largest absolute Gasteiger partial charge is 0.326 e. The van der Waals surface area contributed by atoms with Crippen LogP contribution < -0.4 is 5.06 Å². The first-order valence-electron chi connectivity index (χ1n) is 11.9. The molecule has 0 unspecified atom stereocenters. The minimum absolute atomic E-state index is 0.0944. The van der Waals surface area contributed by atoms with E-state index in [1.807, 2.05) is 0 Å². The summed E-state index contributed by atoms with van der Waals surface area (Å²) in [7, 11) is 0. The van der Waals surface area contributed by atoms with Crippen LogP contribution >= 0.6 is 0 Å². The lowest BCUT2D eigenvalue weighted by atomic mass is 9.46. The van der Waals surface area contributed by atoms with E-state index in [1.165, 1.54) is 11.4 Å². The molecule has 2 fully saturated rings. The van der Waals surface area contributed by atoms with Gasteiger partial charge in [0.15, 0.2) is 11.5 Å². The zero-order valence-electron chi connectivity index (χ0n) is 19.3. The summed E-state index contributed by atoms with van der Waals surface area (Å²) in [6.07, 6.45) is 11.0. The zero-order chi connectivity index (χ0) is 22.0. The number of nitrogens with zero attached hydrogens (tertiary/aromatic N) is 5. The number of fused-ring (bicyclic) bond motifs is 1. The molecule has 2 saturated carbocycles. The Hall–Kier alpha value is -2.02. The molecule has 2 aromatic rings. The summed E-state index contributed by atoms with van der Waals surface area (Å²) in [5.41, 5.74) is 0.909. The molecule has 0 saturated heterocycles. The second-order valence-electron chi connectivity index (χ2n) is 11.1. The Morgan fingerprint density at radius 3 is 2.74 bits per heavy atom. The van der Waals surface area contributed by atoms with Gasteiger partial charge < -0.3 is 4.57 Å². The van der Waals surface area contributed by atoms with Crippen LogP contribution in [0.2, 0.25) is 0 Å². The molecule has 3 aliphatic rings. The van der Waals surface area contributed by atoms with Crippen LogP contribution in [-0.4, -0.2) is 36.0 Å². The monoisotopic (exact) mass is 425 g/mol. The van der Waals surface area contributed by atoms with Crippen LogP contribution in [-0.2, 0) is 11.3 Å². The van der Waals surface area contributed by atoms with Crippen LogP contribution in [0.1, 0.15) is 79.1 Å². The molecular weight excluding hydrogens is 390 g/mol. The molecule has 168 valence electrons. The van der Waals surface area contributed by atoms with Gasteiger partial charge in [-0.3, -0.25) is 10.0 Å². The number of carbonyl (C=O) groups is 1. The molecule has 7 heteroatoms. The van der Waals surface area contributed by atoms with Gasteiger partial charge in [-0.1, -0.05) is 20.8 Å². The number of hydrogen-bond donors (Lipinski definition) is 1. The molecule has 5 atom stereocenters. The van der Waals surface area contributed by atoms with Gasteiger partial charge in [0, 0.05) is 18.4 Å². The number of imidazole rings is 1. The number of rotatable bonds is 3. The normalized spacial score (nSPS) is 38.2. The van der Waals surface area contributed by atoms with Gasteiger partial charge in [-0.15, -0.1) is 0 Å². The topological polar surface area (TPSA) is 84.1 Å². The number of hydroxylamine groups is 1. The fraction of sp³-hybridized carbons (Fsp3) is 0.750. The van der Waals surface area contributed by atoms with Gasteiger partial charge in [0.25, 0.3) is 0 Å². The molecule has 3 heterocycles. The Morgan fingerprint density at radius 1 is 1.13 bits per heavy atom. The first kappa shape index (κ1) is 20.9. The van der Waals surface area contributed by atoms with Crippen LogP contribution in [0.25, 0.3) is 11.2 Å². The Balaban J connectivity index is 1.44. The fourth-order valence-electron chi connectivity index (χ4n) is 6.96. The highest BCUT2D eigenvalue weighted by Gasteiger charge is 2.56. The van der Waals surface area contributed by atoms with E-state index in [-0.39, 0.29) is 10.8 Å². The van der Waals surface area contributed by atoms with Crippen molar-refractivity contribution in [3.05, 3.63) is 12.7 Å². The van der Waals surface area contributed by atoms with Crippen molar-refractivity contribution in [3.63, 3.8) is 0 Å². The maximum absolute atomic E-state index is 12.9. The predicted octanol–water partition coefficient (Wildman–Crippen LogP) is 4.78. The van der Waals surface area contributed by atoms with Crippen LogP contribution in [0.4, 0.5) is 5.82 Å². The van der Waals surface area contributed by atoms with E-state index in [0.29, 0.717) is 29.1 Å². The van der Waals surface area contributed by atoms with Crippen molar-refractivity contribution < 1.29 is 10.0 Å². The van der Waals surface area contributed by atoms with Crippen LogP contribution in [0.5, 0.6) is 0 Å². The van der Waals surface area contributed by atoms with Crippen molar-refractivity contribution in [3.8, 4) is 0 Å². The molecule has 5 rings (SSSR count). The van der Waals surface area contributed by atoms with Crippen molar-refractivity contribution in [1.82, 2.24) is 19.5 Å². The number of aromatic nitrogens is 4. The highest BCUT2D eigenvalue weighted by atomic mass is 16.5. The molecule has 1 N–H and O–H groups in total. The van der Waals surface area contributed by atoms with Gasteiger partial charge in [0.1, 0.15) is 17.6 Å². The van der Waals surface area contributed by atoms with Crippen LogP contribution in [0, 0.1) is 22.7 Å². The third kappa shape index (κ3) is 2.95. The molecular formula is C24H35N5O2. The first-order valence-corrected chi connectivity index (χ1v) is 11.9. The molecule has 0 amide bonds. The molecule has 7 nitrogen and oxygen atoms in total. The third-order valence-corrected chi connectivity index (χ3v) is 9.52. The molecule has 0 radical (unpaired) electrons. The number of aryl methyl sites for hydroxylation is 1. The number of Topliss-reactive ketones (excluding diaryl/α,β-unsaturated/α-hetero) is 1. The molecule has 31 heavy (non-hydrogen) atoms. The van der Waals surface area contributed by atoms with E-state index in [1.54, 1.807) is 6.33 Å². The fourth-order valence-corrected chi connectivity index (χ4v) is 6.96. The molecule has 2 aromatic heterocycles. The summed E-state index contributed by atoms with van der Waals surface area (Å²) in [6, 6.07) is 0. The Bertz CT molecular complexity index is 1020. The molecule has 0 spiro atoms. The van der Waals surface area contributed by atoms with Crippen molar-refractivity contribution in [2.75, 3.05) is 5.06 Å². The summed E-state index contributed by atoms with van der Waals surface area (Å²) in [6.45, 7) is 9.93. The molecule has 2 aliphatic carbocycles. The Morgan fingerprint density at radius 2 is 1.94 bits per heavy atom. The van der Waals surface area contributed by atoms with Crippen molar-refractivity contribution >= 4 is 22.8 Å². The second kappa shape index (κ2) is 6.99. The lowest BCUT2D eigenvalue weighted by Crippen LogP contribution is -2.54. The standard InChI is InChI=1S/C24H35N5O2/c1-16-8-9-24(4)17(6-5-7-18(24)30)23(16,3)11-10-22(2)12-13-28-15-27-20-19(28)21(29(22)31)26-14-25-20/h14-17,31H,5-13H2,1-4H3/t16-,17-,22+,23+,24-/m1/s1. The number of hydrogen-bond acceptors (Lipinski definition) is 6. The van der Waals surface area contributed by atoms with Crippen LogP contribution in [0.3, 0.4) is 0 Å². The van der Waals surface area contributed by atoms with Gasteiger partial charge >= 0.3 is 0 Å². The third-order valence-electron chi connectivity index (χ3n) is 9.52. The number of anilines is 1. The van der Waals surface area contributed by atoms with Crippen molar-refractivity contribution in [2.45, 2.75) is 91.1 Å². The van der Waals surface area contributed by atoms with Crippen molar-refractivity contribution in [2.24, 2.45) is 22.7 Å². The highest BCUT2D eigenvalue weighted by molar-refractivity contribution is 5.86. The summed E-state index contributed by atoms with van der Waals surface area (Å²) < 4.78 is 2.06. The van der Waals surface area contributed by atoms with Gasteiger partial charge in [-0.25, -0.2) is 20.0 Å². The molecule has 1 aliphatic heterocycles. The Labute approximate surface area is 184 Å². The van der Waals surface area contributed by atoms with E-state index in [0.717, 1.165) is 63.4 Å². The minimum Gasteiger partial charge on any atom is -0.326 e. The smallest absolute Gasteiger partial charge is 0.183 e. The quantitative estimate of drug-likeness (QED) is 0.762. The summed E-state index contributed by atoms with van der Waals surface area (Å²) in [5.74, 6) is 2.01. The summed E-state index contributed by atoms with van der Waals surface area (Å²) in [5, 5.41) is 12.7. The summed E-state index contributed by atoms with van der Waals surface area (Å²) in [4.78, 5) is 26.0. The van der Waals surface area contributed by atoms with E-state index in [4.69, 9.17) is 0 Å². The SMILES string of the molecule is C[C@@H]1CC[C@@]2(C)C(=O)CCC[C@@H]2[C@@]1(C)CC[C@@]1(C)CCn2cnc3ncnc(c32)N1O. The van der Waals surface area contributed by atoms with E-state index < -0.39 is 5.54 Å². The summed E-state index contributed by atoms with van der Waals surface area (Å²) >= 11 is 0. The lowest BCUT2D eigenvalue weighted by Gasteiger charge is -2.57. The average Bonchev–Trinajstić information content (AvgIpc) is 3.14. The van der Waals surface area contributed by atoms with E-state index >= 15 is 0 Å². The second-order valence-corrected chi connectivity index (χ2v) is 11.1. The van der Waals surface area contributed by atoms with E-state index in [9.17, 15) is 10.0 Å². The van der Waals surface area contributed by atoms with Crippen molar-refractivity contribution in [1.29, 1.82) is 0 Å². The number of ketones is 1. The maximum atomic E-state index is 12.9. The Kier molecular flexibility index (Phi) is 4.70. The van der Waals surface area contributed by atoms with Gasteiger partial charge in [0.2, 0.25) is 0 Å². The predicted molar refractivity (Wildman–Crippen MR) is 119 cm³/mol.